The molecule has 1 rings (SSSR count). The van der Waals surface area contributed by atoms with Crippen LogP contribution in [0.5, 0.6) is 0 Å². The highest BCUT2D eigenvalue weighted by Crippen LogP contribution is 2.32. The summed E-state index contributed by atoms with van der Waals surface area (Å²) in [5.41, 5.74) is 5.35. The second-order valence-corrected chi connectivity index (χ2v) is 4.80. The Bertz CT molecular complexity index is 315. The molecule has 3 N–H and O–H groups in total. The summed E-state index contributed by atoms with van der Waals surface area (Å²) < 4.78 is -0.318. The van der Waals surface area contributed by atoms with Crippen LogP contribution in [0.15, 0.2) is 0 Å². The van der Waals surface area contributed by atoms with Crippen LogP contribution in [0, 0.1) is 0 Å². The quantitative estimate of drug-likeness (QED) is 0.394. The Labute approximate surface area is 97.5 Å². The molecule has 1 saturated heterocycles. The van der Waals surface area contributed by atoms with Gasteiger partial charge in [-0.2, -0.15) is 0 Å². The Morgan fingerprint density at radius 3 is 2.38 bits per heavy atom. The van der Waals surface area contributed by atoms with E-state index in [9.17, 15) is 14.4 Å². The molecule has 1 aliphatic heterocycles. The number of carboxylic acids is 1. The lowest BCUT2D eigenvalue weighted by Gasteiger charge is -2.24. The van der Waals surface area contributed by atoms with E-state index in [2.05, 4.69) is 0 Å². The average Bonchev–Trinajstić information content (AvgIpc) is 2.53. The summed E-state index contributed by atoms with van der Waals surface area (Å²) in [7, 11) is 0. The topological polar surface area (TPSA) is 97.5 Å². The monoisotopic (exact) mass is 247 g/mol. The standard InChI is InChI=1S/C9H14N2O4S/c1-2-11(7(12)3-4-8(11)13)16-5-6(10)9(14)15/h6H,2-5,10H2,1H3/p+1/t6-/m0/s1. The maximum absolute atomic E-state index is 11.7. The first kappa shape index (κ1) is 13.1. The summed E-state index contributed by atoms with van der Waals surface area (Å²) in [5, 5.41) is 8.63. The van der Waals surface area contributed by atoms with Crippen molar-refractivity contribution in [1.82, 2.24) is 0 Å². The normalized spacial score (nSPS) is 21.1. The van der Waals surface area contributed by atoms with Gasteiger partial charge in [0.2, 0.25) is 0 Å². The van der Waals surface area contributed by atoms with Gasteiger partial charge in [-0.1, -0.05) is 0 Å². The molecule has 0 saturated carbocycles. The number of nitrogens with zero attached hydrogens (tertiary/aromatic N) is 1. The Kier molecular flexibility index (Phi) is 4.06. The van der Waals surface area contributed by atoms with Crippen LogP contribution in [-0.2, 0) is 14.4 Å². The van der Waals surface area contributed by atoms with Crippen LogP contribution in [0.25, 0.3) is 0 Å². The summed E-state index contributed by atoms with van der Waals surface area (Å²) in [5.74, 6) is -1.38. The summed E-state index contributed by atoms with van der Waals surface area (Å²) in [4.78, 5) is 33.9. The smallest absolute Gasteiger partial charge is 0.333 e. The maximum atomic E-state index is 11.7. The van der Waals surface area contributed by atoms with E-state index in [1.54, 1.807) is 6.92 Å². The van der Waals surface area contributed by atoms with Gasteiger partial charge in [-0.3, -0.25) is 4.79 Å². The van der Waals surface area contributed by atoms with Gasteiger partial charge in [-0.15, -0.1) is 3.89 Å². The van der Waals surface area contributed by atoms with Crippen molar-refractivity contribution in [2.24, 2.45) is 5.73 Å². The first-order valence-electron chi connectivity index (χ1n) is 5.02. The van der Waals surface area contributed by atoms with Crippen molar-refractivity contribution in [3.05, 3.63) is 0 Å². The van der Waals surface area contributed by atoms with Crippen molar-refractivity contribution in [3.63, 3.8) is 0 Å². The molecular formula is C9H15N2O4S+. The fourth-order valence-corrected chi connectivity index (χ4v) is 2.79. The van der Waals surface area contributed by atoms with Crippen LogP contribution in [0.3, 0.4) is 0 Å². The van der Waals surface area contributed by atoms with Crippen LogP contribution >= 0.6 is 11.9 Å². The molecule has 0 spiro atoms. The number of rotatable bonds is 5. The predicted octanol–water partition coefficient (Wildman–Crippen LogP) is -0.270. The molecule has 1 fully saturated rings. The van der Waals surface area contributed by atoms with Crippen LogP contribution in [0.1, 0.15) is 19.8 Å². The molecule has 16 heavy (non-hydrogen) atoms. The molecule has 0 radical (unpaired) electrons. The molecule has 7 heteroatoms. The zero-order valence-corrected chi connectivity index (χ0v) is 9.83. The van der Waals surface area contributed by atoms with E-state index in [0.29, 0.717) is 6.54 Å². The third-order valence-corrected chi connectivity index (χ3v) is 4.21. The Morgan fingerprint density at radius 1 is 1.50 bits per heavy atom. The van der Waals surface area contributed by atoms with Crippen LogP contribution < -0.4 is 5.73 Å². The Balaban J connectivity index is 2.71. The van der Waals surface area contributed by atoms with E-state index in [1.807, 2.05) is 0 Å². The first-order chi connectivity index (χ1) is 7.44. The highest BCUT2D eigenvalue weighted by atomic mass is 32.2. The minimum Gasteiger partial charge on any atom is -0.480 e. The number of carboxylic acid groups (broad SMARTS) is 1. The SMILES string of the molecule is CC[N+]1(SC[C@H](N)C(=O)O)C(=O)CCC1=O. The minimum absolute atomic E-state index is 0.0562. The molecule has 6 nitrogen and oxygen atoms in total. The van der Waals surface area contributed by atoms with Gasteiger partial charge in [0.05, 0.1) is 30.5 Å². The first-order valence-corrected chi connectivity index (χ1v) is 5.96. The number of carbonyl (C=O) groups excluding carboxylic acids is 2. The molecule has 0 aliphatic carbocycles. The molecule has 1 atom stereocenters. The number of imide groups is 1. The van der Waals surface area contributed by atoms with Crippen molar-refractivity contribution in [2.75, 3.05) is 12.3 Å². The maximum Gasteiger partial charge on any atom is 0.333 e. The van der Waals surface area contributed by atoms with Crippen LogP contribution in [-0.4, -0.2) is 45.1 Å². The van der Waals surface area contributed by atoms with Gasteiger partial charge in [0.1, 0.15) is 12.6 Å². The lowest BCUT2D eigenvalue weighted by molar-refractivity contribution is -0.627. The lowest BCUT2D eigenvalue weighted by Crippen LogP contribution is -2.48. The molecule has 1 aliphatic rings. The zero-order valence-electron chi connectivity index (χ0n) is 9.01. The molecule has 0 aromatic heterocycles. The predicted molar refractivity (Wildman–Crippen MR) is 58.1 cm³/mol. The van der Waals surface area contributed by atoms with E-state index in [1.165, 1.54) is 0 Å². The van der Waals surface area contributed by atoms with Crippen molar-refractivity contribution < 1.29 is 23.4 Å². The molecule has 90 valence electrons. The molecule has 2 amide bonds. The summed E-state index contributed by atoms with van der Waals surface area (Å²) in [6.07, 6.45) is 0.476. The molecule has 0 aromatic carbocycles. The van der Waals surface area contributed by atoms with Gasteiger partial charge < -0.3 is 10.8 Å². The lowest BCUT2D eigenvalue weighted by atomic mass is 10.4. The van der Waals surface area contributed by atoms with Crippen LogP contribution in [0.4, 0.5) is 0 Å². The number of hydrogen-bond donors (Lipinski definition) is 2. The Hall–Kier alpha value is -0.920. The van der Waals surface area contributed by atoms with Gasteiger partial charge in [0.25, 0.3) is 0 Å². The van der Waals surface area contributed by atoms with Gasteiger partial charge >= 0.3 is 17.8 Å². The van der Waals surface area contributed by atoms with Crippen molar-refractivity contribution in [1.29, 1.82) is 0 Å². The van der Waals surface area contributed by atoms with E-state index >= 15 is 0 Å². The van der Waals surface area contributed by atoms with Gasteiger partial charge in [0.15, 0.2) is 0 Å². The fraction of sp³-hybridized carbons (Fsp3) is 0.667. The van der Waals surface area contributed by atoms with Crippen molar-refractivity contribution in [3.8, 4) is 0 Å². The molecule has 0 unspecified atom stereocenters. The second kappa shape index (κ2) is 4.94. The molecular weight excluding hydrogens is 232 g/mol. The Morgan fingerprint density at radius 2 is 2.00 bits per heavy atom. The number of amides is 2. The van der Waals surface area contributed by atoms with Gasteiger partial charge in [-0.25, -0.2) is 9.59 Å². The molecule has 1 heterocycles. The summed E-state index contributed by atoms with van der Waals surface area (Å²) in [6, 6.07) is -1.05. The summed E-state index contributed by atoms with van der Waals surface area (Å²) in [6.45, 7) is 2.08. The number of hydrogen-bond acceptors (Lipinski definition) is 5. The largest absolute Gasteiger partial charge is 0.480 e. The zero-order chi connectivity index (χ0) is 12.3. The van der Waals surface area contributed by atoms with Gasteiger partial charge in [-0.05, 0) is 6.92 Å². The summed E-state index contributed by atoms with van der Waals surface area (Å²) >= 11 is 1.02. The molecule has 0 aromatic rings. The van der Waals surface area contributed by atoms with E-state index in [-0.39, 0.29) is 34.3 Å². The van der Waals surface area contributed by atoms with Crippen LogP contribution in [0.2, 0.25) is 0 Å². The highest BCUT2D eigenvalue weighted by molar-refractivity contribution is 7.94. The van der Waals surface area contributed by atoms with Crippen molar-refractivity contribution >= 4 is 29.7 Å². The third kappa shape index (κ3) is 2.26. The number of quaternary nitrogens is 1. The van der Waals surface area contributed by atoms with E-state index in [4.69, 9.17) is 10.8 Å². The number of aliphatic carboxylic acids is 1. The van der Waals surface area contributed by atoms with Gasteiger partial charge in [0, 0.05) is 0 Å². The average molecular weight is 247 g/mol. The van der Waals surface area contributed by atoms with Crippen molar-refractivity contribution in [2.45, 2.75) is 25.8 Å². The van der Waals surface area contributed by atoms with E-state index < -0.39 is 12.0 Å². The number of nitrogens with two attached hydrogens (primary N) is 1. The number of carbonyl (C=O) groups is 3. The minimum atomic E-state index is -1.12. The second-order valence-electron chi connectivity index (χ2n) is 3.58. The molecule has 0 bridgehead atoms. The number of likely N-dealkylation sites (tertiary alicyclic amines) is 1. The fourth-order valence-electron chi connectivity index (χ4n) is 1.58. The van der Waals surface area contributed by atoms with E-state index in [0.717, 1.165) is 11.9 Å². The third-order valence-electron chi connectivity index (χ3n) is 2.60. The highest BCUT2D eigenvalue weighted by Gasteiger charge is 2.50.